The second kappa shape index (κ2) is 5.54. The quantitative estimate of drug-likeness (QED) is 0.738. The van der Waals surface area contributed by atoms with Gasteiger partial charge in [0, 0.05) is 25.2 Å². The number of pyridine rings is 1. The van der Waals surface area contributed by atoms with Crippen molar-refractivity contribution in [1.82, 2.24) is 14.9 Å². The van der Waals surface area contributed by atoms with Crippen molar-refractivity contribution in [2.45, 2.75) is 18.9 Å². The predicted molar refractivity (Wildman–Crippen MR) is 86.5 cm³/mol. The lowest BCUT2D eigenvalue weighted by Gasteiger charge is -2.14. The molecule has 1 aromatic carbocycles. The summed E-state index contributed by atoms with van der Waals surface area (Å²) in [4.78, 5) is 11.7. The minimum Gasteiger partial charge on any atom is -0.297 e. The highest BCUT2D eigenvalue weighted by Gasteiger charge is 2.26. The highest BCUT2D eigenvalue weighted by Crippen LogP contribution is 2.33. The van der Waals surface area contributed by atoms with Gasteiger partial charge in [0.1, 0.15) is 0 Å². The molecule has 1 aliphatic rings. The Morgan fingerprint density at radius 1 is 1.14 bits per heavy atom. The summed E-state index contributed by atoms with van der Waals surface area (Å²) < 4.78 is 1.30. The van der Waals surface area contributed by atoms with Crippen LogP contribution in [0.3, 0.4) is 0 Å². The Morgan fingerprint density at radius 2 is 2.05 bits per heavy atom. The number of aromatic nitrogens is 2. The Balaban J connectivity index is 1.48. The molecule has 3 heterocycles. The van der Waals surface area contributed by atoms with E-state index in [1.165, 1.54) is 16.1 Å². The van der Waals surface area contributed by atoms with Crippen LogP contribution < -0.4 is 0 Å². The van der Waals surface area contributed by atoms with Gasteiger partial charge in [0.15, 0.2) is 0 Å². The van der Waals surface area contributed by atoms with Crippen LogP contribution in [-0.4, -0.2) is 28.0 Å². The zero-order chi connectivity index (χ0) is 14.1. The monoisotopic (exact) mass is 295 g/mol. The van der Waals surface area contributed by atoms with Gasteiger partial charge in [0.2, 0.25) is 0 Å². The third kappa shape index (κ3) is 2.69. The van der Waals surface area contributed by atoms with Gasteiger partial charge in [-0.3, -0.25) is 9.88 Å². The van der Waals surface area contributed by atoms with Crippen molar-refractivity contribution >= 4 is 21.6 Å². The largest absolute Gasteiger partial charge is 0.297 e. The molecule has 4 rings (SSSR count). The van der Waals surface area contributed by atoms with Crippen LogP contribution in [0.5, 0.6) is 0 Å². The minimum atomic E-state index is 0.575. The zero-order valence-electron chi connectivity index (χ0n) is 11.8. The van der Waals surface area contributed by atoms with Crippen LogP contribution in [-0.2, 0) is 6.54 Å². The van der Waals surface area contributed by atoms with Gasteiger partial charge in [0.05, 0.1) is 20.9 Å². The van der Waals surface area contributed by atoms with Crippen LogP contribution in [0.15, 0.2) is 48.7 Å². The molecule has 2 aromatic heterocycles. The van der Waals surface area contributed by atoms with Crippen molar-refractivity contribution in [3.05, 3.63) is 59.4 Å². The summed E-state index contributed by atoms with van der Waals surface area (Å²) >= 11 is 1.85. The number of likely N-dealkylation sites (tertiary alicyclic amines) is 1. The molecule has 106 valence electrons. The summed E-state index contributed by atoms with van der Waals surface area (Å²) in [6.07, 6.45) is 3.07. The first kappa shape index (κ1) is 12.9. The lowest BCUT2D eigenvalue weighted by molar-refractivity contribution is 0.322. The number of para-hydroxylation sites is 1. The summed E-state index contributed by atoms with van der Waals surface area (Å²) in [5, 5.41) is 1.29. The van der Waals surface area contributed by atoms with Gasteiger partial charge in [-0.05, 0) is 37.2 Å². The number of benzene rings is 1. The molecule has 4 heteroatoms. The molecule has 0 N–H and O–H groups in total. The van der Waals surface area contributed by atoms with Crippen molar-refractivity contribution in [2.24, 2.45) is 0 Å². The van der Waals surface area contributed by atoms with E-state index < -0.39 is 0 Å². The van der Waals surface area contributed by atoms with Crippen LogP contribution in [0.1, 0.15) is 23.0 Å². The lowest BCUT2D eigenvalue weighted by Crippen LogP contribution is -2.20. The fraction of sp³-hybridized carbons (Fsp3) is 0.294. The molecular formula is C17H17N3S. The molecule has 0 aliphatic carbocycles. The molecule has 1 atom stereocenters. The first-order chi connectivity index (χ1) is 10.4. The average molecular weight is 295 g/mol. The Hall–Kier alpha value is -1.78. The summed E-state index contributed by atoms with van der Waals surface area (Å²) in [5.41, 5.74) is 2.29. The molecule has 0 spiro atoms. The summed E-state index contributed by atoms with van der Waals surface area (Å²) in [5.74, 6) is 0.575. The van der Waals surface area contributed by atoms with Crippen LogP contribution in [0.25, 0.3) is 10.2 Å². The van der Waals surface area contributed by atoms with Gasteiger partial charge in [-0.25, -0.2) is 4.98 Å². The maximum atomic E-state index is 4.81. The third-order valence-corrected chi connectivity index (χ3v) is 5.24. The van der Waals surface area contributed by atoms with E-state index in [0.29, 0.717) is 5.92 Å². The summed E-state index contributed by atoms with van der Waals surface area (Å²) in [6.45, 7) is 3.18. The van der Waals surface area contributed by atoms with E-state index in [9.17, 15) is 0 Å². The normalized spacial score (nSPS) is 19.3. The zero-order valence-corrected chi connectivity index (χ0v) is 12.6. The molecule has 0 saturated carbocycles. The second-order valence-corrected chi connectivity index (χ2v) is 6.62. The predicted octanol–water partition coefficient (Wildman–Crippen LogP) is 3.68. The van der Waals surface area contributed by atoms with E-state index >= 15 is 0 Å². The van der Waals surface area contributed by atoms with Crippen molar-refractivity contribution in [2.75, 3.05) is 13.1 Å². The van der Waals surface area contributed by atoms with Crippen LogP contribution in [0.2, 0.25) is 0 Å². The Kier molecular flexibility index (Phi) is 3.41. The number of nitrogens with zero attached hydrogens (tertiary/aromatic N) is 3. The van der Waals surface area contributed by atoms with E-state index in [0.717, 1.165) is 30.8 Å². The van der Waals surface area contributed by atoms with Crippen molar-refractivity contribution < 1.29 is 0 Å². The van der Waals surface area contributed by atoms with Crippen molar-refractivity contribution in [3.8, 4) is 0 Å². The number of fused-ring (bicyclic) bond motifs is 1. The molecule has 3 aromatic rings. The maximum absolute atomic E-state index is 4.81. The van der Waals surface area contributed by atoms with E-state index in [1.807, 2.05) is 23.6 Å². The molecule has 0 radical (unpaired) electrons. The third-order valence-electron chi connectivity index (χ3n) is 4.04. The van der Waals surface area contributed by atoms with Gasteiger partial charge in [0.25, 0.3) is 0 Å². The van der Waals surface area contributed by atoms with E-state index in [1.54, 1.807) is 0 Å². The average Bonchev–Trinajstić information content (AvgIpc) is 3.14. The molecule has 1 aliphatic heterocycles. The number of rotatable bonds is 3. The molecule has 1 fully saturated rings. The minimum absolute atomic E-state index is 0.575. The first-order valence-corrected chi connectivity index (χ1v) is 8.18. The fourth-order valence-corrected chi connectivity index (χ4v) is 4.06. The Bertz CT molecular complexity index is 705. The topological polar surface area (TPSA) is 29.0 Å². The van der Waals surface area contributed by atoms with E-state index in [2.05, 4.69) is 46.3 Å². The van der Waals surface area contributed by atoms with Crippen LogP contribution in [0.4, 0.5) is 0 Å². The van der Waals surface area contributed by atoms with Crippen molar-refractivity contribution in [1.29, 1.82) is 0 Å². The Labute approximate surface area is 128 Å². The first-order valence-electron chi connectivity index (χ1n) is 7.36. The molecule has 1 unspecified atom stereocenters. The standard InChI is InChI=1S/C17H17N3S/c1-2-7-16-15(6-1)19-17(21-16)13-8-10-20(11-13)12-14-5-3-4-9-18-14/h1-7,9,13H,8,10-12H2. The van der Waals surface area contributed by atoms with Gasteiger partial charge in [-0.2, -0.15) is 0 Å². The molecular weight excluding hydrogens is 278 g/mol. The van der Waals surface area contributed by atoms with Crippen molar-refractivity contribution in [3.63, 3.8) is 0 Å². The molecule has 0 bridgehead atoms. The Morgan fingerprint density at radius 3 is 2.90 bits per heavy atom. The van der Waals surface area contributed by atoms with Crippen LogP contribution >= 0.6 is 11.3 Å². The summed E-state index contributed by atoms with van der Waals surface area (Å²) in [6, 6.07) is 14.6. The van der Waals surface area contributed by atoms with E-state index in [-0.39, 0.29) is 0 Å². The van der Waals surface area contributed by atoms with Gasteiger partial charge in [-0.1, -0.05) is 18.2 Å². The van der Waals surface area contributed by atoms with Gasteiger partial charge in [-0.15, -0.1) is 11.3 Å². The van der Waals surface area contributed by atoms with Gasteiger partial charge < -0.3 is 0 Å². The molecule has 3 nitrogen and oxygen atoms in total. The van der Waals surface area contributed by atoms with Crippen LogP contribution in [0, 0.1) is 0 Å². The fourth-order valence-electron chi connectivity index (χ4n) is 2.96. The summed E-state index contributed by atoms with van der Waals surface area (Å²) in [7, 11) is 0. The maximum Gasteiger partial charge on any atom is 0.0982 e. The highest BCUT2D eigenvalue weighted by molar-refractivity contribution is 7.18. The number of thiazole rings is 1. The SMILES string of the molecule is c1ccc(CN2CCC(c3nc4ccccc4s3)C2)nc1. The van der Waals surface area contributed by atoms with E-state index in [4.69, 9.17) is 4.98 Å². The lowest BCUT2D eigenvalue weighted by atomic mass is 10.1. The van der Waals surface area contributed by atoms with Gasteiger partial charge >= 0.3 is 0 Å². The highest BCUT2D eigenvalue weighted by atomic mass is 32.1. The smallest absolute Gasteiger partial charge is 0.0982 e. The molecule has 21 heavy (non-hydrogen) atoms. The number of hydrogen-bond acceptors (Lipinski definition) is 4. The molecule has 0 amide bonds. The molecule has 1 saturated heterocycles. The second-order valence-electron chi connectivity index (χ2n) is 5.56. The number of hydrogen-bond donors (Lipinski definition) is 0.